The van der Waals surface area contributed by atoms with Crippen LogP contribution in [0.15, 0.2) is 29.6 Å². The Hall–Kier alpha value is -1.88. The number of carboxylic acid groups (broad SMARTS) is 1. The number of carbonyl (C=O) groups is 1. The third-order valence-electron chi connectivity index (χ3n) is 2.59. The molecule has 1 atom stereocenters. The van der Waals surface area contributed by atoms with E-state index in [0.29, 0.717) is 0 Å². The molecule has 1 aromatic carbocycles. The first-order valence-electron chi connectivity index (χ1n) is 5.53. The SMILES string of the molecule is CC(CC(=O)O)c1nc(-c2ccc(O)cc2)cs1. The summed E-state index contributed by atoms with van der Waals surface area (Å²) in [6.45, 7) is 1.85. The van der Waals surface area contributed by atoms with Crippen LogP contribution in [0.25, 0.3) is 11.3 Å². The van der Waals surface area contributed by atoms with E-state index in [2.05, 4.69) is 4.98 Å². The number of hydrogen-bond donors (Lipinski definition) is 2. The van der Waals surface area contributed by atoms with Gasteiger partial charge in [0, 0.05) is 16.9 Å². The second kappa shape index (κ2) is 5.18. The van der Waals surface area contributed by atoms with Crippen LogP contribution < -0.4 is 0 Å². The van der Waals surface area contributed by atoms with Crippen molar-refractivity contribution >= 4 is 17.3 Å². The number of carboxylic acids is 1. The first kappa shape index (κ1) is 12.6. The predicted octanol–water partition coefficient (Wildman–Crippen LogP) is 3.09. The topological polar surface area (TPSA) is 70.4 Å². The van der Waals surface area contributed by atoms with Crippen molar-refractivity contribution in [3.63, 3.8) is 0 Å². The van der Waals surface area contributed by atoms with Crippen molar-refractivity contribution in [1.29, 1.82) is 0 Å². The average Bonchev–Trinajstić information content (AvgIpc) is 2.78. The van der Waals surface area contributed by atoms with Crippen LogP contribution in [0.3, 0.4) is 0 Å². The standard InChI is InChI=1S/C13H13NO3S/c1-8(6-12(16)17)13-14-11(7-18-13)9-2-4-10(15)5-3-9/h2-5,7-8,15H,6H2,1H3,(H,16,17). The van der Waals surface area contributed by atoms with Gasteiger partial charge in [-0.05, 0) is 24.3 Å². The van der Waals surface area contributed by atoms with E-state index >= 15 is 0 Å². The van der Waals surface area contributed by atoms with Crippen molar-refractivity contribution in [3.8, 4) is 17.0 Å². The second-order valence-corrected chi connectivity index (χ2v) is 5.01. The summed E-state index contributed by atoms with van der Waals surface area (Å²) in [4.78, 5) is 15.1. The highest BCUT2D eigenvalue weighted by Gasteiger charge is 2.14. The molecule has 94 valence electrons. The molecule has 0 aliphatic rings. The second-order valence-electron chi connectivity index (χ2n) is 4.12. The van der Waals surface area contributed by atoms with Crippen LogP contribution in [-0.4, -0.2) is 21.2 Å². The number of aromatic nitrogens is 1. The number of benzene rings is 1. The van der Waals surface area contributed by atoms with Gasteiger partial charge in [-0.15, -0.1) is 11.3 Å². The number of aromatic hydroxyl groups is 1. The molecule has 0 spiro atoms. The van der Waals surface area contributed by atoms with E-state index in [1.54, 1.807) is 24.3 Å². The number of rotatable bonds is 4. The molecule has 2 rings (SSSR count). The predicted molar refractivity (Wildman–Crippen MR) is 69.9 cm³/mol. The first-order chi connectivity index (χ1) is 8.56. The molecule has 0 saturated carbocycles. The molecule has 0 saturated heterocycles. The van der Waals surface area contributed by atoms with Gasteiger partial charge in [0.2, 0.25) is 0 Å². The summed E-state index contributed by atoms with van der Waals surface area (Å²) in [5, 5.41) is 20.7. The smallest absolute Gasteiger partial charge is 0.304 e. The molecule has 1 aromatic heterocycles. The molecule has 0 fully saturated rings. The van der Waals surface area contributed by atoms with Crippen LogP contribution in [0, 0.1) is 0 Å². The van der Waals surface area contributed by atoms with Crippen LogP contribution in [0.4, 0.5) is 0 Å². The van der Waals surface area contributed by atoms with Crippen molar-refractivity contribution in [2.24, 2.45) is 0 Å². The quantitative estimate of drug-likeness (QED) is 0.889. The van der Waals surface area contributed by atoms with Gasteiger partial charge in [0.05, 0.1) is 17.1 Å². The van der Waals surface area contributed by atoms with Crippen LogP contribution in [0.5, 0.6) is 5.75 Å². The summed E-state index contributed by atoms with van der Waals surface area (Å²) in [5.74, 6) is -0.685. The fourth-order valence-electron chi connectivity index (χ4n) is 1.63. The lowest BCUT2D eigenvalue weighted by Gasteiger charge is -2.03. The van der Waals surface area contributed by atoms with Gasteiger partial charge in [0.1, 0.15) is 5.75 Å². The summed E-state index contributed by atoms with van der Waals surface area (Å²) >= 11 is 1.46. The molecule has 4 nitrogen and oxygen atoms in total. The molecule has 2 N–H and O–H groups in total. The van der Waals surface area contributed by atoms with Gasteiger partial charge >= 0.3 is 5.97 Å². The maximum Gasteiger partial charge on any atom is 0.304 e. The van der Waals surface area contributed by atoms with Gasteiger partial charge in [-0.25, -0.2) is 4.98 Å². The Morgan fingerprint density at radius 2 is 2.06 bits per heavy atom. The molecule has 2 aromatic rings. The summed E-state index contributed by atoms with van der Waals surface area (Å²) in [6, 6.07) is 6.79. The van der Waals surface area contributed by atoms with Gasteiger partial charge < -0.3 is 10.2 Å². The lowest BCUT2D eigenvalue weighted by molar-refractivity contribution is -0.137. The molecule has 0 radical (unpaired) electrons. The minimum Gasteiger partial charge on any atom is -0.508 e. The molecule has 0 aliphatic carbocycles. The van der Waals surface area contributed by atoms with Gasteiger partial charge in [-0.1, -0.05) is 6.92 Å². The minimum absolute atomic E-state index is 0.0848. The highest BCUT2D eigenvalue weighted by molar-refractivity contribution is 7.10. The van der Waals surface area contributed by atoms with Crippen LogP contribution in [-0.2, 0) is 4.79 Å². The Morgan fingerprint density at radius 1 is 1.39 bits per heavy atom. The largest absolute Gasteiger partial charge is 0.508 e. The van der Waals surface area contributed by atoms with Crippen molar-refractivity contribution in [3.05, 3.63) is 34.7 Å². The molecule has 0 amide bonds. The van der Waals surface area contributed by atoms with Gasteiger partial charge in [-0.2, -0.15) is 0 Å². The van der Waals surface area contributed by atoms with E-state index < -0.39 is 5.97 Å². The number of aliphatic carboxylic acids is 1. The number of nitrogens with zero attached hydrogens (tertiary/aromatic N) is 1. The molecule has 0 aliphatic heterocycles. The van der Waals surface area contributed by atoms with Gasteiger partial charge in [0.15, 0.2) is 0 Å². The van der Waals surface area contributed by atoms with E-state index in [-0.39, 0.29) is 18.1 Å². The lowest BCUT2D eigenvalue weighted by atomic mass is 10.1. The van der Waals surface area contributed by atoms with Crippen molar-refractivity contribution in [2.75, 3.05) is 0 Å². The van der Waals surface area contributed by atoms with E-state index in [0.717, 1.165) is 16.3 Å². The summed E-state index contributed by atoms with van der Waals surface area (Å²) in [7, 11) is 0. The summed E-state index contributed by atoms with van der Waals surface area (Å²) in [6.07, 6.45) is 0.0858. The Kier molecular flexibility index (Phi) is 3.62. The molecule has 0 bridgehead atoms. The zero-order chi connectivity index (χ0) is 13.1. The third kappa shape index (κ3) is 2.87. The van der Waals surface area contributed by atoms with E-state index in [1.807, 2.05) is 12.3 Å². The highest BCUT2D eigenvalue weighted by Crippen LogP contribution is 2.28. The highest BCUT2D eigenvalue weighted by atomic mass is 32.1. The van der Waals surface area contributed by atoms with Crippen molar-refractivity contribution in [2.45, 2.75) is 19.3 Å². The van der Waals surface area contributed by atoms with Crippen LogP contribution in [0.1, 0.15) is 24.3 Å². The number of hydrogen-bond acceptors (Lipinski definition) is 4. The van der Waals surface area contributed by atoms with Crippen LogP contribution >= 0.6 is 11.3 Å². The van der Waals surface area contributed by atoms with Gasteiger partial charge in [-0.3, -0.25) is 4.79 Å². The summed E-state index contributed by atoms with van der Waals surface area (Å²) in [5.41, 5.74) is 1.73. The zero-order valence-electron chi connectivity index (χ0n) is 9.83. The lowest BCUT2D eigenvalue weighted by Crippen LogP contribution is -2.02. The Morgan fingerprint density at radius 3 is 2.67 bits per heavy atom. The Labute approximate surface area is 109 Å². The van der Waals surface area contributed by atoms with Gasteiger partial charge in [0.25, 0.3) is 0 Å². The first-order valence-corrected chi connectivity index (χ1v) is 6.41. The summed E-state index contributed by atoms with van der Waals surface area (Å²) < 4.78 is 0. The number of thiazole rings is 1. The fourth-order valence-corrected chi connectivity index (χ4v) is 2.52. The maximum atomic E-state index is 10.6. The third-order valence-corrected chi connectivity index (χ3v) is 3.66. The number of phenolic OH excluding ortho intramolecular Hbond substituents is 1. The van der Waals surface area contributed by atoms with E-state index in [4.69, 9.17) is 5.11 Å². The fraction of sp³-hybridized carbons (Fsp3) is 0.231. The zero-order valence-corrected chi connectivity index (χ0v) is 10.6. The molecule has 18 heavy (non-hydrogen) atoms. The minimum atomic E-state index is -0.816. The van der Waals surface area contributed by atoms with E-state index in [9.17, 15) is 9.90 Å². The molecule has 1 heterocycles. The monoisotopic (exact) mass is 263 g/mol. The molecular weight excluding hydrogens is 250 g/mol. The maximum absolute atomic E-state index is 10.6. The Bertz CT molecular complexity index is 548. The molecule has 5 heteroatoms. The van der Waals surface area contributed by atoms with Crippen molar-refractivity contribution < 1.29 is 15.0 Å². The van der Waals surface area contributed by atoms with E-state index in [1.165, 1.54) is 11.3 Å². The molecule has 1 unspecified atom stereocenters. The normalized spacial score (nSPS) is 12.3. The van der Waals surface area contributed by atoms with Crippen LogP contribution in [0.2, 0.25) is 0 Å². The Balaban J connectivity index is 2.19. The average molecular weight is 263 g/mol. The number of phenols is 1. The molecular formula is C13H13NO3S. The van der Waals surface area contributed by atoms with Crippen molar-refractivity contribution in [1.82, 2.24) is 4.98 Å².